The third-order valence-electron chi connectivity index (χ3n) is 5.22. The molecule has 1 atom stereocenters. The Bertz CT molecular complexity index is 942. The Hall–Kier alpha value is -3.61. The molecule has 7 nitrogen and oxygen atoms in total. The van der Waals surface area contributed by atoms with Gasteiger partial charge in [0.25, 0.3) is 0 Å². The Labute approximate surface area is 181 Å². The van der Waals surface area contributed by atoms with Crippen molar-refractivity contribution in [2.75, 3.05) is 19.7 Å². The zero-order valence-electron chi connectivity index (χ0n) is 17.4. The van der Waals surface area contributed by atoms with E-state index >= 15 is 0 Å². The predicted molar refractivity (Wildman–Crippen MR) is 117 cm³/mol. The van der Waals surface area contributed by atoms with E-state index in [0.29, 0.717) is 0 Å². The first-order valence-electron chi connectivity index (χ1n) is 10.1. The molecule has 31 heavy (non-hydrogen) atoms. The first-order chi connectivity index (χ1) is 14.9. The highest BCUT2D eigenvalue weighted by molar-refractivity contribution is 5.82. The van der Waals surface area contributed by atoms with Gasteiger partial charge < -0.3 is 20.1 Å². The summed E-state index contributed by atoms with van der Waals surface area (Å²) in [7, 11) is 0. The summed E-state index contributed by atoms with van der Waals surface area (Å²) in [6.07, 6.45) is 0.811. The monoisotopic (exact) mass is 422 g/mol. The number of benzene rings is 2. The maximum atomic E-state index is 12.3. The molecule has 0 bridgehead atoms. The summed E-state index contributed by atoms with van der Waals surface area (Å²) in [5.41, 5.74) is 4.53. The van der Waals surface area contributed by atoms with Crippen molar-refractivity contribution in [2.45, 2.75) is 25.3 Å². The lowest BCUT2D eigenvalue weighted by molar-refractivity contribution is -0.144. The quantitative estimate of drug-likeness (QED) is 0.604. The summed E-state index contributed by atoms with van der Waals surface area (Å²) in [6, 6.07) is 15.6. The van der Waals surface area contributed by atoms with Crippen LogP contribution in [0.25, 0.3) is 11.1 Å². The Morgan fingerprint density at radius 2 is 1.71 bits per heavy atom. The average molecular weight is 422 g/mol. The van der Waals surface area contributed by atoms with E-state index in [2.05, 4.69) is 24.0 Å². The SMILES string of the molecule is C=CCN(CC(=O)O)C(=O)CC(C)NC(=O)OCC1c2ccccc2-c2ccccc21. The third kappa shape index (κ3) is 5.31. The van der Waals surface area contributed by atoms with E-state index in [4.69, 9.17) is 9.84 Å². The predicted octanol–water partition coefficient (Wildman–Crippen LogP) is 3.40. The smallest absolute Gasteiger partial charge is 0.407 e. The van der Waals surface area contributed by atoms with Gasteiger partial charge in [-0.1, -0.05) is 54.6 Å². The highest BCUT2D eigenvalue weighted by atomic mass is 16.5. The highest BCUT2D eigenvalue weighted by Crippen LogP contribution is 2.44. The molecule has 0 saturated heterocycles. The van der Waals surface area contributed by atoms with Crippen LogP contribution in [0, 0.1) is 0 Å². The summed E-state index contributed by atoms with van der Waals surface area (Å²) >= 11 is 0. The second-order valence-electron chi connectivity index (χ2n) is 7.53. The molecule has 162 valence electrons. The molecule has 0 saturated carbocycles. The molecule has 1 aliphatic rings. The lowest BCUT2D eigenvalue weighted by Crippen LogP contribution is -2.41. The van der Waals surface area contributed by atoms with E-state index in [1.54, 1.807) is 6.92 Å². The van der Waals surface area contributed by atoms with Crippen molar-refractivity contribution in [3.63, 3.8) is 0 Å². The summed E-state index contributed by atoms with van der Waals surface area (Å²) in [6.45, 7) is 5.10. The molecule has 2 amide bonds. The number of fused-ring (bicyclic) bond motifs is 3. The highest BCUT2D eigenvalue weighted by Gasteiger charge is 2.29. The fourth-order valence-electron chi connectivity index (χ4n) is 3.86. The van der Waals surface area contributed by atoms with Crippen molar-refractivity contribution in [3.05, 3.63) is 72.3 Å². The van der Waals surface area contributed by atoms with E-state index in [1.807, 2.05) is 36.4 Å². The summed E-state index contributed by atoms with van der Waals surface area (Å²) in [5, 5.41) is 11.6. The number of carbonyl (C=O) groups excluding carboxylic acids is 2. The number of ether oxygens (including phenoxy) is 1. The minimum atomic E-state index is -1.10. The number of nitrogens with one attached hydrogen (secondary N) is 1. The third-order valence-corrected chi connectivity index (χ3v) is 5.22. The van der Waals surface area contributed by atoms with Crippen molar-refractivity contribution in [3.8, 4) is 11.1 Å². The second-order valence-corrected chi connectivity index (χ2v) is 7.53. The number of nitrogens with zero attached hydrogens (tertiary/aromatic N) is 1. The van der Waals surface area contributed by atoms with Crippen LogP contribution in [0.1, 0.15) is 30.4 Å². The Balaban J connectivity index is 1.56. The number of aliphatic carboxylic acids is 1. The van der Waals surface area contributed by atoms with Crippen LogP contribution >= 0.6 is 0 Å². The fraction of sp³-hybridized carbons (Fsp3) is 0.292. The summed E-state index contributed by atoms with van der Waals surface area (Å²) < 4.78 is 5.48. The maximum Gasteiger partial charge on any atom is 0.407 e. The molecule has 7 heteroatoms. The van der Waals surface area contributed by atoms with E-state index in [-0.39, 0.29) is 31.4 Å². The summed E-state index contributed by atoms with van der Waals surface area (Å²) in [5.74, 6) is -1.53. The number of hydrogen-bond donors (Lipinski definition) is 2. The molecule has 2 N–H and O–H groups in total. The van der Waals surface area contributed by atoms with E-state index in [0.717, 1.165) is 22.3 Å². The van der Waals surface area contributed by atoms with Crippen molar-refractivity contribution in [2.24, 2.45) is 0 Å². The number of rotatable bonds is 9. The molecular weight excluding hydrogens is 396 g/mol. The summed E-state index contributed by atoms with van der Waals surface area (Å²) in [4.78, 5) is 36.7. The van der Waals surface area contributed by atoms with Gasteiger partial charge in [-0.2, -0.15) is 0 Å². The lowest BCUT2D eigenvalue weighted by atomic mass is 9.98. The number of hydrogen-bond acceptors (Lipinski definition) is 4. The van der Waals surface area contributed by atoms with Gasteiger partial charge in [0.15, 0.2) is 0 Å². The number of carboxylic acids is 1. The van der Waals surface area contributed by atoms with E-state index in [9.17, 15) is 14.4 Å². The van der Waals surface area contributed by atoms with Crippen LogP contribution in [0.5, 0.6) is 0 Å². The van der Waals surface area contributed by atoms with Gasteiger partial charge in [0.2, 0.25) is 5.91 Å². The normalized spacial score (nSPS) is 12.9. The van der Waals surface area contributed by atoms with Crippen LogP contribution < -0.4 is 5.32 Å². The van der Waals surface area contributed by atoms with Crippen LogP contribution in [0.15, 0.2) is 61.2 Å². The fourth-order valence-corrected chi connectivity index (χ4v) is 3.86. The molecule has 0 aromatic heterocycles. The van der Waals surface area contributed by atoms with Gasteiger partial charge in [0.1, 0.15) is 13.2 Å². The van der Waals surface area contributed by atoms with Gasteiger partial charge >= 0.3 is 12.1 Å². The van der Waals surface area contributed by atoms with Crippen LogP contribution in [-0.2, 0) is 14.3 Å². The minimum absolute atomic E-state index is 0.0364. The van der Waals surface area contributed by atoms with E-state index < -0.39 is 24.6 Å². The van der Waals surface area contributed by atoms with Crippen molar-refractivity contribution >= 4 is 18.0 Å². The molecule has 0 heterocycles. The first-order valence-corrected chi connectivity index (χ1v) is 10.1. The number of alkyl carbamates (subject to hydrolysis) is 1. The van der Waals surface area contributed by atoms with Gasteiger partial charge in [-0.25, -0.2) is 4.79 Å². The van der Waals surface area contributed by atoms with Gasteiger partial charge in [-0.15, -0.1) is 6.58 Å². The minimum Gasteiger partial charge on any atom is -0.480 e. The zero-order chi connectivity index (χ0) is 22.4. The number of amides is 2. The van der Waals surface area contributed by atoms with Crippen molar-refractivity contribution in [1.82, 2.24) is 10.2 Å². The topological polar surface area (TPSA) is 95.9 Å². The molecule has 0 radical (unpaired) electrons. The molecule has 0 aliphatic heterocycles. The molecule has 2 aromatic rings. The van der Waals surface area contributed by atoms with Gasteiger partial charge in [0, 0.05) is 24.9 Å². The molecule has 1 aliphatic carbocycles. The Kier molecular flexibility index (Phi) is 7.07. The Morgan fingerprint density at radius 1 is 1.13 bits per heavy atom. The largest absolute Gasteiger partial charge is 0.480 e. The van der Waals surface area contributed by atoms with Crippen LogP contribution in [0.3, 0.4) is 0 Å². The number of carbonyl (C=O) groups is 3. The molecule has 0 spiro atoms. The maximum absolute atomic E-state index is 12.3. The number of carboxylic acid groups (broad SMARTS) is 1. The lowest BCUT2D eigenvalue weighted by Gasteiger charge is -2.22. The van der Waals surface area contributed by atoms with Gasteiger partial charge in [-0.3, -0.25) is 9.59 Å². The van der Waals surface area contributed by atoms with Gasteiger partial charge in [0.05, 0.1) is 0 Å². The van der Waals surface area contributed by atoms with Crippen LogP contribution in [0.4, 0.5) is 4.79 Å². The molecule has 0 fully saturated rings. The average Bonchev–Trinajstić information content (AvgIpc) is 3.05. The molecule has 3 rings (SSSR count). The van der Waals surface area contributed by atoms with Crippen molar-refractivity contribution in [1.29, 1.82) is 0 Å². The van der Waals surface area contributed by atoms with E-state index in [1.165, 1.54) is 11.0 Å². The van der Waals surface area contributed by atoms with Crippen LogP contribution in [0.2, 0.25) is 0 Å². The van der Waals surface area contributed by atoms with Crippen LogP contribution in [-0.4, -0.2) is 53.7 Å². The zero-order valence-corrected chi connectivity index (χ0v) is 17.4. The van der Waals surface area contributed by atoms with Crippen molar-refractivity contribution < 1.29 is 24.2 Å². The van der Waals surface area contributed by atoms with Gasteiger partial charge in [-0.05, 0) is 29.2 Å². The standard InChI is InChI=1S/C24H26N2O5/c1-3-12-26(14-23(28)29)22(27)13-16(2)25-24(30)31-15-21-19-10-6-4-8-17(19)18-9-5-7-11-20(18)21/h3-11,16,21H,1,12-15H2,2H3,(H,25,30)(H,28,29). The molecule has 2 aromatic carbocycles. The Morgan fingerprint density at radius 3 is 2.26 bits per heavy atom. The molecule has 1 unspecified atom stereocenters. The second kappa shape index (κ2) is 9.93. The first kappa shape index (κ1) is 22.1. The molecular formula is C24H26N2O5.